The lowest BCUT2D eigenvalue weighted by Gasteiger charge is -2.00. The molecule has 4 heteroatoms. The largest absolute Gasteiger partial charge is 0.369 e. The molecular weight excluding hydrogens is 128 g/mol. The van der Waals surface area contributed by atoms with Crippen molar-refractivity contribution < 1.29 is 0 Å². The number of rotatable bonds is 2. The van der Waals surface area contributed by atoms with Gasteiger partial charge in [0.05, 0.1) is 11.9 Å². The van der Waals surface area contributed by atoms with E-state index in [9.17, 15) is 0 Å². The molecule has 0 aromatic carbocycles. The third-order valence-electron chi connectivity index (χ3n) is 1.48. The number of aromatic nitrogens is 2. The lowest BCUT2D eigenvalue weighted by Crippen LogP contribution is -2.09. The van der Waals surface area contributed by atoms with Gasteiger partial charge in [-0.25, -0.2) is 4.98 Å². The van der Waals surface area contributed by atoms with Gasteiger partial charge in [-0.05, 0) is 7.05 Å². The SMILES string of the molecule is CNCc1cnc(N)n1C. The van der Waals surface area contributed by atoms with Crippen LogP contribution in [0.4, 0.5) is 5.95 Å². The van der Waals surface area contributed by atoms with Gasteiger partial charge in [0, 0.05) is 13.6 Å². The number of nitrogens with one attached hydrogen (secondary N) is 1. The predicted octanol–water partition coefficient (Wildman–Crippen LogP) is -0.278. The molecule has 0 aliphatic heterocycles. The molecule has 0 saturated heterocycles. The molecule has 0 spiro atoms. The molecular formula is C6H12N4. The van der Waals surface area contributed by atoms with Crippen LogP contribution in [0, 0.1) is 0 Å². The summed E-state index contributed by atoms with van der Waals surface area (Å²) in [5.74, 6) is 0.560. The zero-order chi connectivity index (χ0) is 7.56. The summed E-state index contributed by atoms with van der Waals surface area (Å²) in [5.41, 5.74) is 6.59. The summed E-state index contributed by atoms with van der Waals surface area (Å²) in [6, 6.07) is 0. The number of hydrogen-bond acceptors (Lipinski definition) is 3. The fraction of sp³-hybridized carbons (Fsp3) is 0.500. The van der Waals surface area contributed by atoms with Gasteiger partial charge < -0.3 is 15.6 Å². The quantitative estimate of drug-likeness (QED) is 0.594. The number of nitrogens with two attached hydrogens (primary N) is 1. The van der Waals surface area contributed by atoms with E-state index in [1.165, 1.54) is 0 Å². The van der Waals surface area contributed by atoms with E-state index in [1.807, 2.05) is 18.7 Å². The minimum Gasteiger partial charge on any atom is -0.369 e. The van der Waals surface area contributed by atoms with Crippen LogP contribution in [0.5, 0.6) is 0 Å². The van der Waals surface area contributed by atoms with Crippen molar-refractivity contribution >= 4 is 5.95 Å². The fourth-order valence-corrected chi connectivity index (χ4v) is 0.806. The first-order chi connectivity index (χ1) is 4.75. The van der Waals surface area contributed by atoms with Crippen molar-refractivity contribution in [1.82, 2.24) is 14.9 Å². The normalized spacial score (nSPS) is 10.2. The summed E-state index contributed by atoms with van der Waals surface area (Å²) in [7, 11) is 3.79. The van der Waals surface area contributed by atoms with Gasteiger partial charge in [0.15, 0.2) is 5.95 Å². The van der Waals surface area contributed by atoms with Crippen molar-refractivity contribution in [1.29, 1.82) is 0 Å². The van der Waals surface area contributed by atoms with Crippen LogP contribution in [0.25, 0.3) is 0 Å². The molecule has 1 aromatic heterocycles. The maximum Gasteiger partial charge on any atom is 0.200 e. The zero-order valence-corrected chi connectivity index (χ0v) is 6.26. The molecule has 1 heterocycles. The Morgan fingerprint density at radius 1 is 1.80 bits per heavy atom. The van der Waals surface area contributed by atoms with Gasteiger partial charge in [-0.3, -0.25) is 0 Å². The molecule has 0 radical (unpaired) electrons. The lowest BCUT2D eigenvalue weighted by molar-refractivity contribution is 0.739. The maximum atomic E-state index is 5.49. The molecule has 0 aliphatic carbocycles. The molecule has 0 bridgehead atoms. The monoisotopic (exact) mass is 140 g/mol. The molecule has 10 heavy (non-hydrogen) atoms. The van der Waals surface area contributed by atoms with Crippen LogP contribution in [0.1, 0.15) is 5.69 Å². The molecule has 0 fully saturated rings. The second kappa shape index (κ2) is 2.70. The van der Waals surface area contributed by atoms with Crippen molar-refractivity contribution in [2.45, 2.75) is 6.54 Å². The number of nitrogens with zero attached hydrogens (tertiary/aromatic N) is 2. The first-order valence-corrected chi connectivity index (χ1v) is 3.16. The Balaban J connectivity index is 2.83. The Kier molecular flexibility index (Phi) is 1.91. The van der Waals surface area contributed by atoms with Gasteiger partial charge in [0.2, 0.25) is 0 Å². The van der Waals surface area contributed by atoms with Gasteiger partial charge in [0.25, 0.3) is 0 Å². The Morgan fingerprint density at radius 3 is 2.90 bits per heavy atom. The second-order valence-electron chi connectivity index (χ2n) is 2.20. The fourth-order valence-electron chi connectivity index (χ4n) is 0.806. The van der Waals surface area contributed by atoms with Gasteiger partial charge >= 0.3 is 0 Å². The molecule has 0 aliphatic rings. The van der Waals surface area contributed by atoms with Crippen LogP contribution >= 0.6 is 0 Å². The number of nitrogen functional groups attached to an aromatic ring is 1. The van der Waals surface area contributed by atoms with Gasteiger partial charge in [-0.15, -0.1) is 0 Å². The van der Waals surface area contributed by atoms with Crippen LogP contribution in [-0.2, 0) is 13.6 Å². The average molecular weight is 140 g/mol. The van der Waals surface area contributed by atoms with E-state index in [2.05, 4.69) is 10.3 Å². The minimum atomic E-state index is 0.560. The highest BCUT2D eigenvalue weighted by molar-refractivity contribution is 5.21. The standard InChI is InChI=1S/C6H12N4/c1-8-3-5-4-9-6(7)10(5)2/h4,8H,3H2,1-2H3,(H2,7,9). The van der Waals surface area contributed by atoms with Gasteiger partial charge in [-0.2, -0.15) is 0 Å². The smallest absolute Gasteiger partial charge is 0.200 e. The van der Waals surface area contributed by atoms with Crippen molar-refractivity contribution in [2.24, 2.45) is 7.05 Å². The summed E-state index contributed by atoms with van der Waals surface area (Å²) < 4.78 is 1.86. The molecule has 4 nitrogen and oxygen atoms in total. The van der Waals surface area contributed by atoms with Crippen LogP contribution in [0.3, 0.4) is 0 Å². The Bertz CT molecular complexity index is 216. The van der Waals surface area contributed by atoms with Crippen molar-refractivity contribution in [3.05, 3.63) is 11.9 Å². The highest BCUT2D eigenvalue weighted by atomic mass is 15.1. The summed E-state index contributed by atoms with van der Waals surface area (Å²) >= 11 is 0. The predicted molar refractivity (Wildman–Crippen MR) is 40.4 cm³/mol. The van der Waals surface area contributed by atoms with Crippen molar-refractivity contribution in [3.63, 3.8) is 0 Å². The van der Waals surface area contributed by atoms with Crippen molar-refractivity contribution in [2.75, 3.05) is 12.8 Å². The van der Waals surface area contributed by atoms with E-state index in [0.717, 1.165) is 12.2 Å². The molecule has 1 aromatic rings. The number of anilines is 1. The highest BCUT2D eigenvalue weighted by Crippen LogP contribution is 2.02. The van der Waals surface area contributed by atoms with E-state index in [4.69, 9.17) is 5.73 Å². The number of imidazole rings is 1. The minimum absolute atomic E-state index is 0.560. The first-order valence-electron chi connectivity index (χ1n) is 3.16. The summed E-state index contributed by atoms with van der Waals surface area (Å²) in [5, 5.41) is 3.02. The molecule has 3 N–H and O–H groups in total. The lowest BCUT2D eigenvalue weighted by atomic mass is 10.5. The van der Waals surface area contributed by atoms with Crippen LogP contribution in [0.2, 0.25) is 0 Å². The topological polar surface area (TPSA) is 55.9 Å². The maximum absolute atomic E-state index is 5.49. The molecule has 0 saturated carbocycles. The molecule has 0 unspecified atom stereocenters. The van der Waals surface area contributed by atoms with Crippen molar-refractivity contribution in [3.8, 4) is 0 Å². The van der Waals surface area contributed by atoms with Gasteiger partial charge in [-0.1, -0.05) is 0 Å². The van der Waals surface area contributed by atoms with Crippen LogP contribution < -0.4 is 11.1 Å². The van der Waals surface area contributed by atoms with E-state index in [0.29, 0.717) is 5.95 Å². The molecule has 1 rings (SSSR count). The van der Waals surface area contributed by atoms with Crippen LogP contribution in [-0.4, -0.2) is 16.6 Å². The Hall–Kier alpha value is -1.03. The third-order valence-corrected chi connectivity index (χ3v) is 1.48. The van der Waals surface area contributed by atoms with Gasteiger partial charge in [0.1, 0.15) is 0 Å². The summed E-state index contributed by atoms with van der Waals surface area (Å²) in [4.78, 5) is 3.94. The third kappa shape index (κ3) is 1.11. The Labute approximate surface area is 60.1 Å². The zero-order valence-electron chi connectivity index (χ0n) is 6.26. The van der Waals surface area contributed by atoms with E-state index in [-0.39, 0.29) is 0 Å². The molecule has 0 atom stereocenters. The second-order valence-corrected chi connectivity index (χ2v) is 2.20. The summed E-state index contributed by atoms with van der Waals surface area (Å²) in [6.45, 7) is 0.806. The summed E-state index contributed by atoms with van der Waals surface area (Å²) in [6.07, 6.45) is 1.77. The Morgan fingerprint density at radius 2 is 2.50 bits per heavy atom. The molecule has 56 valence electrons. The van der Waals surface area contributed by atoms with E-state index in [1.54, 1.807) is 6.20 Å². The first kappa shape index (κ1) is 7.08. The average Bonchev–Trinajstić information content (AvgIpc) is 2.20. The van der Waals surface area contributed by atoms with E-state index < -0.39 is 0 Å². The highest BCUT2D eigenvalue weighted by Gasteiger charge is 1.99. The van der Waals surface area contributed by atoms with E-state index >= 15 is 0 Å². The molecule has 0 amide bonds. The van der Waals surface area contributed by atoms with Crippen LogP contribution in [0.15, 0.2) is 6.20 Å². The number of hydrogen-bond donors (Lipinski definition) is 2.